The zero-order valence-electron chi connectivity index (χ0n) is 9.19. The van der Waals surface area contributed by atoms with Crippen molar-refractivity contribution in [3.63, 3.8) is 0 Å². The maximum Gasteiger partial charge on any atom is 0.273 e. The van der Waals surface area contributed by atoms with E-state index < -0.39 is 0 Å². The lowest BCUT2D eigenvalue weighted by Gasteiger charge is -2.21. The molecule has 0 radical (unpaired) electrons. The van der Waals surface area contributed by atoms with Crippen LogP contribution in [0.15, 0.2) is 16.9 Å². The Labute approximate surface area is 94.4 Å². The van der Waals surface area contributed by atoms with Crippen LogP contribution in [0.2, 0.25) is 0 Å². The van der Waals surface area contributed by atoms with E-state index in [9.17, 15) is 4.79 Å². The Morgan fingerprint density at radius 2 is 2.25 bits per heavy atom. The second-order valence-electron chi connectivity index (χ2n) is 4.27. The van der Waals surface area contributed by atoms with Gasteiger partial charge >= 0.3 is 0 Å². The van der Waals surface area contributed by atoms with Gasteiger partial charge in [0.25, 0.3) is 5.91 Å². The number of nitrogens with one attached hydrogen (secondary N) is 1. The summed E-state index contributed by atoms with van der Waals surface area (Å²) in [7, 11) is 0. The van der Waals surface area contributed by atoms with Crippen molar-refractivity contribution >= 4 is 5.91 Å². The smallest absolute Gasteiger partial charge is 0.273 e. The molecule has 2 rings (SSSR count). The van der Waals surface area contributed by atoms with Crippen LogP contribution >= 0.6 is 0 Å². The summed E-state index contributed by atoms with van der Waals surface area (Å²) in [5.74, 6) is -0.198. The van der Waals surface area contributed by atoms with Gasteiger partial charge in [0.15, 0.2) is 5.69 Å². The van der Waals surface area contributed by atoms with Gasteiger partial charge in [-0.05, 0) is 12.8 Å². The summed E-state index contributed by atoms with van der Waals surface area (Å²) in [6.07, 6.45) is 6.79. The first-order valence-corrected chi connectivity index (χ1v) is 5.74. The maximum absolute atomic E-state index is 11.7. The molecule has 1 amide bonds. The normalized spacial score (nSPS) is 26.1. The zero-order chi connectivity index (χ0) is 11.4. The maximum atomic E-state index is 11.7. The third-order valence-electron chi connectivity index (χ3n) is 3.06. The number of carbonyl (C=O) groups is 1. The number of hydrogen-bond acceptors (Lipinski definition) is 4. The number of hydrogen-bond donors (Lipinski definition) is 2. The number of aromatic nitrogens is 1. The third-order valence-corrected chi connectivity index (χ3v) is 3.06. The van der Waals surface area contributed by atoms with Crippen molar-refractivity contribution in [1.29, 1.82) is 0 Å². The highest BCUT2D eigenvalue weighted by molar-refractivity contribution is 5.92. The van der Waals surface area contributed by atoms with E-state index in [0.717, 1.165) is 25.7 Å². The summed E-state index contributed by atoms with van der Waals surface area (Å²) in [6.45, 7) is 0. The van der Waals surface area contributed by atoms with Crippen molar-refractivity contribution < 1.29 is 9.32 Å². The van der Waals surface area contributed by atoms with E-state index in [-0.39, 0.29) is 18.0 Å². The molecule has 2 atom stereocenters. The molecule has 0 aliphatic heterocycles. The number of nitrogens with zero attached hydrogens (tertiary/aromatic N) is 1. The van der Waals surface area contributed by atoms with Crippen molar-refractivity contribution in [3.05, 3.63) is 18.0 Å². The average molecular weight is 223 g/mol. The Bertz CT molecular complexity index is 337. The number of rotatable bonds is 2. The lowest BCUT2D eigenvalue weighted by atomic mass is 10.0. The minimum Gasteiger partial charge on any atom is -0.364 e. The Kier molecular flexibility index (Phi) is 3.56. The molecule has 1 fully saturated rings. The fraction of sp³-hybridized carbons (Fsp3) is 0.636. The summed E-state index contributed by atoms with van der Waals surface area (Å²) in [4.78, 5) is 11.7. The quantitative estimate of drug-likeness (QED) is 0.735. The van der Waals surface area contributed by atoms with Gasteiger partial charge in [0.1, 0.15) is 6.26 Å². The van der Waals surface area contributed by atoms with Crippen LogP contribution in [0.4, 0.5) is 0 Å². The Balaban J connectivity index is 1.95. The topological polar surface area (TPSA) is 81.1 Å². The second kappa shape index (κ2) is 5.12. The van der Waals surface area contributed by atoms with Crippen LogP contribution in [0.1, 0.15) is 42.6 Å². The zero-order valence-corrected chi connectivity index (χ0v) is 9.19. The van der Waals surface area contributed by atoms with Crippen molar-refractivity contribution in [3.8, 4) is 0 Å². The molecule has 1 aromatic heterocycles. The monoisotopic (exact) mass is 223 g/mol. The van der Waals surface area contributed by atoms with Gasteiger partial charge in [-0.25, -0.2) is 0 Å². The van der Waals surface area contributed by atoms with E-state index in [0.29, 0.717) is 5.69 Å². The highest BCUT2D eigenvalue weighted by atomic mass is 16.5. The average Bonchev–Trinajstić information content (AvgIpc) is 2.73. The first-order valence-electron chi connectivity index (χ1n) is 5.74. The van der Waals surface area contributed by atoms with Crippen molar-refractivity contribution in [2.24, 2.45) is 5.73 Å². The molecule has 0 bridgehead atoms. The Hall–Kier alpha value is -1.36. The summed E-state index contributed by atoms with van der Waals surface area (Å²) < 4.78 is 4.63. The lowest BCUT2D eigenvalue weighted by Crippen LogP contribution is -2.47. The minimum atomic E-state index is -0.198. The van der Waals surface area contributed by atoms with Gasteiger partial charge in [-0.3, -0.25) is 4.79 Å². The standard InChI is InChI=1S/C11H17N3O2/c12-8-4-2-1-3-5-9(8)13-11(15)10-6-7-16-14-10/h6-9H,1-5,12H2,(H,13,15). The molecule has 1 aliphatic rings. The van der Waals surface area contributed by atoms with Crippen LogP contribution in [-0.2, 0) is 0 Å². The summed E-state index contributed by atoms with van der Waals surface area (Å²) >= 11 is 0. The fourth-order valence-electron chi connectivity index (χ4n) is 2.09. The third kappa shape index (κ3) is 2.61. The van der Waals surface area contributed by atoms with Crippen LogP contribution in [0.25, 0.3) is 0 Å². The molecular weight excluding hydrogens is 206 g/mol. The molecule has 5 nitrogen and oxygen atoms in total. The molecule has 0 saturated heterocycles. The van der Waals surface area contributed by atoms with Gasteiger partial charge < -0.3 is 15.6 Å². The molecule has 2 unspecified atom stereocenters. The van der Waals surface area contributed by atoms with E-state index in [1.54, 1.807) is 6.07 Å². The molecule has 1 saturated carbocycles. The van der Waals surface area contributed by atoms with E-state index in [2.05, 4.69) is 15.0 Å². The molecule has 88 valence electrons. The predicted octanol–water partition coefficient (Wildman–Crippen LogP) is 1.06. The Morgan fingerprint density at radius 1 is 1.44 bits per heavy atom. The number of amides is 1. The van der Waals surface area contributed by atoms with Crippen molar-refractivity contribution in [2.75, 3.05) is 0 Å². The van der Waals surface area contributed by atoms with Crippen molar-refractivity contribution in [2.45, 2.75) is 44.2 Å². The van der Waals surface area contributed by atoms with E-state index in [1.165, 1.54) is 12.7 Å². The molecular formula is C11H17N3O2. The van der Waals surface area contributed by atoms with Crippen LogP contribution in [0, 0.1) is 0 Å². The number of carbonyl (C=O) groups excluding carboxylic acids is 1. The highest BCUT2D eigenvalue weighted by Gasteiger charge is 2.23. The van der Waals surface area contributed by atoms with E-state index in [4.69, 9.17) is 5.73 Å². The lowest BCUT2D eigenvalue weighted by molar-refractivity contribution is 0.0919. The Morgan fingerprint density at radius 3 is 3.00 bits per heavy atom. The van der Waals surface area contributed by atoms with Crippen LogP contribution in [0.5, 0.6) is 0 Å². The minimum absolute atomic E-state index is 0.0540. The largest absolute Gasteiger partial charge is 0.364 e. The SMILES string of the molecule is NC1CCCCCC1NC(=O)c1ccon1. The van der Waals surface area contributed by atoms with E-state index >= 15 is 0 Å². The van der Waals surface area contributed by atoms with E-state index in [1.807, 2.05) is 0 Å². The summed E-state index contributed by atoms with van der Waals surface area (Å²) in [5.41, 5.74) is 6.34. The predicted molar refractivity (Wildman–Crippen MR) is 58.8 cm³/mol. The first-order chi connectivity index (χ1) is 7.77. The van der Waals surface area contributed by atoms with Gasteiger partial charge in [-0.2, -0.15) is 0 Å². The molecule has 3 N–H and O–H groups in total. The summed E-state index contributed by atoms with van der Waals surface area (Å²) in [6, 6.07) is 1.67. The van der Waals surface area contributed by atoms with Crippen LogP contribution in [0.3, 0.4) is 0 Å². The van der Waals surface area contributed by atoms with Gasteiger partial charge in [0, 0.05) is 18.2 Å². The first kappa shape index (κ1) is 11.1. The van der Waals surface area contributed by atoms with Gasteiger partial charge in [0.05, 0.1) is 0 Å². The molecule has 0 aromatic carbocycles. The molecule has 5 heteroatoms. The molecule has 1 aromatic rings. The van der Waals surface area contributed by atoms with Crippen molar-refractivity contribution in [1.82, 2.24) is 10.5 Å². The molecule has 1 heterocycles. The second-order valence-corrected chi connectivity index (χ2v) is 4.27. The number of nitrogens with two attached hydrogens (primary N) is 1. The van der Waals surface area contributed by atoms with Gasteiger partial charge in [-0.15, -0.1) is 0 Å². The van der Waals surface area contributed by atoms with Gasteiger partial charge in [0.2, 0.25) is 0 Å². The molecule has 1 aliphatic carbocycles. The molecule has 0 spiro atoms. The fourth-order valence-corrected chi connectivity index (χ4v) is 2.09. The summed E-state index contributed by atoms with van der Waals surface area (Å²) in [5, 5.41) is 6.53. The van der Waals surface area contributed by atoms with Crippen LogP contribution < -0.4 is 11.1 Å². The highest BCUT2D eigenvalue weighted by Crippen LogP contribution is 2.17. The molecule has 16 heavy (non-hydrogen) atoms. The van der Waals surface area contributed by atoms with Gasteiger partial charge in [-0.1, -0.05) is 24.4 Å². The van der Waals surface area contributed by atoms with Crippen LogP contribution in [-0.4, -0.2) is 23.1 Å².